The van der Waals surface area contributed by atoms with E-state index in [4.69, 9.17) is 0 Å². The maximum Gasteiger partial charge on any atom is 0.0596 e. The van der Waals surface area contributed by atoms with Crippen LogP contribution in [0.5, 0.6) is 0 Å². The second kappa shape index (κ2) is 3.25. The zero-order chi connectivity index (χ0) is 10.3. The fourth-order valence-electron chi connectivity index (χ4n) is 2.58. The van der Waals surface area contributed by atoms with Crippen molar-refractivity contribution < 1.29 is 10.2 Å². The molecule has 1 aliphatic rings. The van der Waals surface area contributed by atoms with E-state index < -0.39 is 0 Å². The van der Waals surface area contributed by atoms with Crippen molar-refractivity contribution in [2.24, 2.45) is 16.7 Å². The average molecular weight is 186 g/mol. The molecule has 1 rings (SSSR count). The Balaban J connectivity index is 2.91. The van der Waals surface area contributed by atoms with Gasteiger partial charge in [0.15, 0.2) is 0 Å². The zero-order valence-electron chi connectivity index (χ0n) is 9.17. The molecule has 3 atom stereocenters. The molecular weight excluding hydrogens is 164 g/mol. The van der Waals surface area contributed by atoms with Crippen LogP contribution in [0.25, 0.3) is 0 Å². The second-order valence-electron chi connectivity index (χ2n) is 5.28. The normalized spacial score (nSPS) is 40.6. The Morgan fingerprint density at radius 3 is 2.23 bits per heavy atom. The Morgan fingerprint density at radius 2 is 1.92 bits per heavy atom. The van der Waals surface area contributed by atoms with Crippen LogP contribution in [0.4, 0.5) is 0 Å². The van der Waals surface area contributed by atoms with Gasteiger partial charge in [0.2, 0.25) is 0 Å². The Kier molecular flexibility index (Phi) is 2.75. The van der Waals surface area contributed by atoms with Gasteiger partial charge in [-0.25, -0.2) is 0 Å². The molecule has 0 amide bonds. The van der Waals surface area contributed by atoms with Crippen LogP contribution in [0.15, 0.2) is 0 Å². The SMILES string of the molecule is C[C@@H](CO)[C@@]1(C)CC[C@@H](O)C1(C)C. The third kappa shape index (κ3) is 1.40. The van der Waals surface area contributed by atoms with Gasteiger partial charge in [0.1, 0.15) is 0 Å². The summed E-state index contributed by atoms with van der Waals surface area (Å²) in [7, 11) is 0. The van der Waals surface area contributed by atoms with Crippen LogP contribution in [0, 0.1) is 16.7 Å². The van der Waals surface area contributed by atoms with Crippen molar-refractivity contribution >= 4 is 0 Å². The lowest BCUT2D eigenvalue weighted by molar-refractivity contribution is -0.0312. The van der Waals surface area contributed by atoms with Gasteiger partial charge in [-0.3, -0.25) is 0 Å². The van der Waals surface area contributed by atoms with Crippen molar-refractivity contribution in [3.8, 4) is 0 Å². The van der Waals surface area contributed by atoms with Crippen molar-refractivity contribution in [2.45, 2.75) is 46.6 Å². The highest BCUT2D eigenvalue weighted by Gasteiger charge is 2.53. The molecule has 0 heterocycles. The molecule has 2 heteroatoms. The van der Waals surface area contributed by atoms with Crippen molar-refractivity contribution in [2.75, 3.05) is 6.61 Å². The van der Waals surface area contributed by atoms with Crippen molar-refractivity contribution in [1.82, 2.24) is 0 Å². The lowest BCUT2D eigenvalue weighted by Crippen LogP contribution is -2.42. The van der Waals surface area contributed by atoms with Crippen LogP contribution < -0.4 is 0 Å². The smallest absolute Gasteiger partial charge is 0.0596 e. The van der Waals surface area contributed by atoms with E-state index in [0.717, 1.165) is 12.8 Å². The summed E-state index contributed by atoms with van der Waals surface area (Å²) in [4.78, 5) is 0. The molecule has 0 saturated heterocycles. The van der Waals surface area contributed by atoms with E-state index in [0.29, 0.717) is 0 Å². The third-order valence-corrected chi connectivity index (χ3v) is 4.60. The highest BCUT2D eigenvalue weighted by atomic mass is 16.3. The highest BCUT2D eigenvalue weighted by molar-refractivity contribution is 5.02. The van der Waals surface area contributed by atoms with Gasteiger partial charge in [-0.1, -0.05) is 27.7 Å². The quantitative estimate of drug-likeness (QED) is 0.690. The predicted octanol–water partition coefficient (Wildman–Crippen LogP) is 1.80. The molecule has 0 spiro atoms. The van der Waals surface area contributed by atoms with Crippen molar-refractivity contribution in [3.05, 3.63) is 0 Å². The van der Waals surface area contributed by atoms with Gasteiger partial charge in [-0.15, -0.1) is 0 Å². The van der Waals surface area contributed by atoms with E-state index in [2.05, 4.69) is 27.7 Å². The van der Waals surface area contributed by atoms with Gasteiger partial charge >= 0.3 is 0 Å². The molecule has 0 aromatic rings. The summed E-state index contributed by atoms with van der Waals surface area (Å²) in [5.41, 5.74) is -0.00366. The Hall–Kier alpha value is -0.0800. The van der Waals surface area contributed by atoms with Gasteiger partial charge in [0.05, 0.1) is 6.10 Å². The fourth-order valence-corrected chi connectivity index (χ4v) is 2.58. The van der Waals surface area contributed by atoms with Crippen LogP contribution in [-0.4, -0.2) is 22.9 Å². The zero-order valence-corrected chi connectivity index (χ0v) is 9.17. The largest absolute Gasteiger partial charge is 0.396 e. The summed E-state index contributed by atoms with van der Waals surface area (Å²) in [6.45, 7) is 8.68. The summed E-state index contributed by atoms with van der Waals surface area (Å²) < 4.78 is 0. The first-order valence-corrected chi connectivity index (χ1v) is 5.15. The Labute approximate surface area is 81.0 Å². The Morgan fingerprint density at radius 1 is 1.38 bits per heavy atom. The van der Waals surface area contributed by atoms with E-state index in [9.17, 15) is 10.2 Å². The molecule has 0 unspecified atom stereocenters. The molecule has 1 saturated carbocycles. The molecule has 0 aliphatic heterocycles. The molecule has 78 valence electrons. The van der Waals surface area contributed by atoms with E-state index in [1.807, 2.05) is 0 Å². The van der Waals surface area contributed by atoms with E-state index in [1.165, 1.54) is 0 Å². The van der Waals surface area contributed by atoms with Crippen LogP contribution in [-0.2, 0) is 0 Å². The first-order chi connectivity index (χ1) is 5.86. The second-order valence-corrected chi connectivity index (χ2v) is 5.28. The van der Waals surface area contributed by atoms with Crippen molar-refractivity contribution in [1.29, 1.82) is 0 Å². The molecular formula is C11H22O2. The summed E-state index contributed by atoms with van der Waals surface area (Å²) in [6, 6.07) is 0. The molecule has 13 heavy (non-hydrogen) atoms. The molecule has 1 aliphatic carbocycles. The molecule has 2 N–H and O–H groups in total. The predicted molar refractivity (Wildman–Crippen MR) is 53.4 cm³/mol. The maximum atomic E-state index is 9.86. The minimum atomic E-state index is -0.216. The molecule has 0 aromatic carbocycles. The molecule has 0 bridgehead atoms. The summed E-state index contributed by atoms with van der Waals surface area (Å²) in [6.07, 6.45) is 1.67. The number of rotatable bonds is 2. The molecule has 1 fully saturated rings. The van der Waals surface area contributed by atoms with Gasteiger partial charge < -0.3 is 10.2 Å². The summed E-state index contributed by atoms with van der Waals surface area (Å²) in [5.74, 6) is 0.264. The van der Waals surface area contributed by atoms with Gasteiger partial charge in [0, 0.05) is 6.61 Å². The minimum Gasteiger partial charge on any atom is -0.396 e. The molecule has 0 aromatic heterocycles. The third-order valence-electron chi connectivity index (χ3n) is 4.60. The Bertz CT molecular complexity index is 189. The topological polar surface area (TPSA) is 40.5 Å². The first kappa shape index (κ1) is 11.0. The first-order valence-electron chi connectivity index (χ1n) is 5.15. The monoisotopic (exact) mass is 186 g/mol. The highest BCUT2D eigenvalue weighted by Crippen LogP contribution is 2.56. The van der Waals surface area contributed by atoms with Crippen LogP contribution >= 0.6 is 0 Å². The number of hydrogen-bond donors (Lipinski definition) is 2. The molecule has 2 nitrogen and oxygen atoms in total. The number of hydrogen-bond acceptors (Lipinski definition) is 2. The number of aliphatic hydroxyl groups is 2. The van der Waals surface area contributed by atoms with E-state index in [-0.39, 0.29) is 29.5 Å². The fraction of sp³-hybridized carbons (Fsp3) is 1.00. The van der Waals surface area contributed by atoms with Crippen molar-refractivity contribution in [3.63, 3.8) is 0 Å². The van der Waals surface area contributed by atoms with E-state index >= 15 is 0 Å². The van der Waals surface area contributed by atoms with Crippen LogP contribution in [0.2, 0.25) is 0 Å². The average Bonchev–Trinajstić information content (AvgIpc) is 2.29. The standard InChI is InChI=1S/C11H22O2/c1-8(7-12)11(4)6-5-9(13)10(11,2)3/h8-9,12-13H,5-7H2,1-4H3/t8-,9+,11+/m0/s1. The van der Waals surface area contributed by atoms with Gasteiger partial charge in [-0.2, -0.15) is 0 Å². The number of aliphatic hydroxyl groups excluding tert-OH is 2. The van der Waals surface area contributed by atoms with Crippen LogP contribution in [0.3, 0.4) is 0 Å². The lowest BCUT2D eigenvalue weighted by atomic mass is 9.62. The summed E-state index contributed by atoms with van der Waals surface area (Å²) >= 11 is 0. The van der Waals surface area contributed by atoms with E-state index in [1.54, 1.807) is 0 Å². The van der Waals surface area contributed by atoms with Gasteiger partial charge in [-0.05, 0) is 29.6 Å². The lowest BCUT2D eigenvalue weighted by Gasteiger charge is -2.44. The van der Waals surface area contributed by atoms with Crippen LogP contribution in [0.1, 0.15) is 40.5 Å². The molecule has 0 radical (unpaired) electrons. The van der Waals surface area contributed by atoms with Gasteiger partial charge in [0.25, 0.3) is 0 Å². The maximum absolute atomic E-state index is 9.86. The minimum absolute atomic E-state index is 0.0706. The summed E-state index contributed by atoms with van der Waals surface area (Å²) in [5, 5.41) is 19.1.